The zero-order valence-electron chi connectivity index (χ0n) is 12.5. The molecule has 2 heterocycles. The summed E-state index contributed by atoms with van der Waals surface area (Å²) in [6.45, 7) is 1.60. The normalized spacial score (nSPS) is 16.2. The predicted octanol–water partition coefficient (Wildman–Crippen LogP) is 2.12. The number of fused-ring (bicyclic) bond motifs is 1. The molecular formula is C15H21N5O. The number of nitrogens with one attached hydrogen (secondary N) is 2. The number of likely N-dealkylation sites (tertiary alicyclic amines) is 1. The van der Waals surface area contributed by atoms with E-state index in [-0.39, 0.29) is 6.03 Å². The van der Waals surface area contributed by atoms with Crippen LogP contribution in [0.5, 0.6) is 0 Å². The fourth-order valence-corrected chi connectivity index (χ4v) is 2.81. The fourth-order valence-electron chi connectivity index (χ4n) is 2.81. The van der Waals surface area contributed by atoms with E-state index in [0.717, 1.165) is 42.5 Å². The minimum absolute atomic E-state index is 0.102. The van der Waals surface area contributed by atoms with Crippen molar-refractivity contribution in [1.82, 2.24) is 20.0 Å². The molecule has 0 spiro atoms. The van der Waals surface area contributed by atoms with E-state index in [1.54, 1.807) is 19.0 Å². The lowest BCUT2D eigenvalue weighted by molar-refractivity contribution is 0.158. The SMILES string of the molecule is CN(C)C(=O)N1CCC(Nc2cccc3[nH]ncc23)CC1. The Morgan fingerprint density at radius 2 is 2.14 bits per heavy atom. The molecule has 0 atom stereocenters. The molecule has 1 aromatic carbocycles. The maximum atomic E-state index is 11.9. The Morgan fingerprint density at radius 3 is 2.86 bits per heavy atom. The molecule has 2 amide bonds. The lowest BCUT2D eigenvalue weighted by Crippen LogP contribution is -2.46. The minimum Gasteiger partial charge on any atom is -0.382 e. The number of carbonyl (C=O) groups is 1. The molecule has 0 aliphatic carbocycles. The van der Waals surface area contributed by atoms with Crippen LogP contribution >= 0.6 is 0 Å². The van der Waals surface area contributed by atoms with Crippen LogP contribution in [-0.4, -0.2) is 59.3 Å². The van der Waals surface area contributed by atoms with E-state index in [1.807, 2.05) is 23.2 Å². The van der Waals surface area contributed by atoms with Crippen molar-refractivity contribution in [1.29, 1.82) is 0 Å². The van der Waals surface area contributed by atoms with E-state index in [2.05, 4.69) is 21.6 Å². The van der Waals surface area contributed by atoms with Crippen LogP contribution in [0, 0.1) is 0 Å². The number of aromatic nitrogens is 2. The summed E-state index contributed by atoms with van der Waals surface area (Å²) in [5, 5.41) is 11.8. The molecule has 112 valence electrons. The van der Waals surface area contributed by atoms with Crippen LogP contribution in [0.1, 0.15) is 12.8 Å². The van der Waals surface area contributed by atoms with Gasteiger partial charge in [0, 0.05) is 44.3 Å². The zero-order chi connectivity index (χ0) is 14.8. The number of hydrogen-bond donors (Lipinski definition) is 2. The molecule has 3 rings (SSSR count). The highest BCUT2D eigenvalue weighted by molar-refractivity contribution is 5.90. The van der Waals surface area contributed by atoms with Crippen molar-refractivity contribution in [3.63, 3.8) is 0 Å². The zero-order valence-corrected chi connectivity index (χ0v) is 12.5. The van der Waals surface area contributed by atoms with Gasteiger partial charge < -0.3 is 15.1 Å². The van der Waals surface area contributed by atoms with Crippen molar-refractivity contribution in [2.75, 3.05) is 32.5 Å². The van der Waals surface area contributed by atoms with Crippen LogP contribution in [0.2, 0.25) is 0 Å². The molecule has 1 saturated heterocycles. The summed E-state index contributed by atoms with van der Waals surface area (Å²) in [6, 6.07) is 6.62. The highest BCUT2D eigenvalue weighted by Crippen LogP contribution is 2.24. The quantitative estimate of drug-likeness (QED) is 0.889. The molecule has 2 N–H and O–H groups in total. The monoisotopic (exact) mass is 287 g/mol. The number of piperidine rings is 1. The van der Waals surface area contributed by atoms with Crippen LogP contribution in [0.15, 0.2) is 24.4 Å². The van der Waals surface area contributed by atoms with Crippen LogP contribution in [0.3, 0.4) is 0 Å². The maximum absolute atomic E-state index is 11.9. The molecule has 1 aliphatic heterocycles. The van der Waals surface area contributed by atoms with Crippen molar-refractivity contribution in [2.24, 2.45) is 0 Å². The average Bonchev–Trinajstić information content (AvgIpc) is 2.97. The van der Waals surface area contributed by atoms with Crippen LogP contribution < -0.4 is 5.32 Å². The van der Waals surface area contributed by atoms with Gasteiger partial charge in [0.15, 0.2) is 0 Å². The Labute approximate surface area is 124 Å². The number of urea groups is 1. The average molecular weight is 287 g/mol. The number of H-pyrrole nitrogens is 1. The summed E-state index contributed by atoms with van der Waals surface area (Å²) >= 11 is 0. The van der Waals surface area contributed by atoms with Crippen molar-refractivity contribution < 1.29 is 4.79 Å². The largest absolute Gasteiger partial charge is 0.382 e. The summed E-state index contributed by atoms with van der Waals surface area (Å²) in [4.78, 5) is 15.5. The maximum Gasteiger partial charge on any atom is 0.319 e. The van der Waals surface area contributed by atoms with Gasteiger partial charge >= 0.3 is 6.03 Å². The molecular weight excluding hydrogens is 266 g/mol. The van der Waals surface area contributed by atoms with E-state index in [4.69, 9.17) is 0 Å². The molecule has 1 fully saturated rings. The summed E-state index contributed by atoms with van der Waals surface area (Å²) in [5.74, 6) is 0. The van der Waals surface area contributed by atoms with E-state index in [9.17, 15) is 4.79 Å². The van der Waals surface area contributed by atoms with Gasteiger partial charge in [-0.25, -0.2) is 4.79 Å². The molecule has 0 bridgehead atoms. The predicted molar refractivity (Wildman–Crippen MR) is 83.4 cm³/mol. The fraction of sp³-hybridized carbons (Fsp3) is 0.467. The standard InChI is InChI=1S/C15H21N5O/c1-19(2)15(21)20-8-6-11(7-9-20)17-13-4-3-5-14-12(13)10-16-18-14/h3-5,10-11,17H,6-9H2,1-2H3,(H,16,18). The number of anilines is 1. The second kappa shape index (κ2) is 5.63. The van der Waals surface area contributed by atoms with Crippen molar-refractivity contribution in [3.05, 3.63) is 24.4 Å². The van der Waals surface area contributed by atoms with Gasteiger partial charge in [0.2, 0.25) is 0 Å². The van der Waals surface area contributed by atoms with Crippen molar-refractivity contribution in [2.45, 2.75) is 18.9 Å². The summed E-state index contributed by atoms with van der Waals surface area (Å²) in [6.07, 6.45) is 3.78. The van der Waals surface area contributed by atoms with E-state index >= 15 is 0 Å². The third kappa shape index (κ3) is 2.79. The van der Waals surface area contributed by atoms with E-state index < -0.39 is 0 Å². The molecule has 6 nitrogen and oxygen atoms in total. The molecule has 0 saturated carbocycles. The smallest absolute Gasteiger partial charge is 0.319 e. The number of rotatable bonds is 2. The number of benzene rings is 1. The summed E-state index contributed by atoms with van der Waals surface area (Å²) in [5.41, 5.74) is 2.15. The molecule has 0 unspecified atom stereocenters. The lowest BCUT2D eigenvalue weighted by Gasteiger charge is -2.34. The van der Waals surface area contributed by atoms with Crippen LogP contribution in [-0.2, 0) is 0 Å². The molecule has 2 aromatic rings. The Morgan fingerprint density at radius 1 is 1.38 bits per heavy atom. The van der Waals surface area contributed by atoms with Gasteiger partial charge in [0.25, 0.3) is 0 Å². The second-order valence-corrected chi connectivity index (χ2v) is 5.72. The van der Waals surface area contributed by atoms with Gasteiger partial charge in [0.05, 0.1) is 11.7 Å². The van der Waals surface area contributed by atoms with Gasteiger partial charge in [-0.15, -0.1) is 0 Å². The highest BCUT2D eigenvalue weighted by atomic mass is 16.2. The molecule has 6 heteroatoms. The molecule has 1 aromatic heterocycles. The van der Waals surface area contributed by atoms with Gasteiger partial charge in [-0.2, -0.15) is 5.10 Å². The Balaban J connectivity index is 1.63. The Kier molecular flexibility index (Phi) is 3.68. The number of aromatic amines is 1. The number of nitrogens with zero attached hydrogens (tertiary/aromatic N) is 3. The first-order valence-corrected chi connectivity index (χ1v) is 7.30. The van der Waals surface area contributed by atoms with Crippen LogP contribution in [0.25, 0.3) is 10.9 Å². The first kappa shape index (κ1) is 13.7. The molecule has 1 aliphatic rings. The van der Waals surface area contributed by atoms with Crippen molar-refractivity contribution >= 4 is 22.6 Å². The molecule has 21 heavy (non-hydrogen) atoms. The van der Waals surface area contributed by atoms with Gasteiger partial charge in [-0.3, -0.25) is 5.10 Å². The third-order valence-electron chi connectivity index (χ3n) is 3.99. The third-order valence-corrected chi connectivity index (χ3v) is 3.99. The van der Waals surface area contributed by atoms with Gasteiger partial charge in [-0.05, 0) is 25.0 Å². The minimum atomic E-state index is 0.102. The first-order valence-electron chi connectivity index (χ1n) is 7.30. The summed E-state index contributed by atoms with van der Waals surface area (Å²) in [7, 11) is 3.60. The molecule has 0 radical (unpaired) electrons. The Bertz CT molecular complexity index is 628. The van der Waals surface area contributed by atoms with Crippen molar-refractivity contribution in [3.8, 4) is 0 Å². The summed E-state index contributed by atoms with van der Waals surface area (Å²) < 4.78 is 0. The number of carbonyl (C=O) groups excluding carboxylic acids is 1. The van der Waals surface area contributed by atoms with Crippen LogP contribution in [0.4, 0.5) is 10.5 Å². The lowest BCUT2D eigenvalue weighted by atomic mass is 10.0. The topological polar surface area (TPSA) is 64.3 Å². The second-order valence-electron chi connectivity index (χ2n) is 5.72. The van der Waals surface area contributed by atoms with Gasteiger partial charge in [-0.1, -0.05) is 6.07 Å². The Hall–Kier alpha value is -2.24. The van der Waals surface area contributed by atoms with Gasteiger partial charge in [0.1, 0.15) is 0 Å². The van der Waals surface area contributed by atoms with E-state index in [0.29, 0.717) is 6.04 Å². The first-order chi connectivity index (χ1) is 10.1. The number of amides is 2. The number of hydrogen-bond acceptors (Lipinski definition) is 3. The van der Waals surface area contributed by atoms with E-state index in [1.165, 1.54) is 0 Å². The highest BCUT2D eigenvalue weighted by Gasteiger charge is 2.23.